The fraction of sp³-hybridized carbons (Fsp3) is 0.240. The van der Waals surface area contributed by atoms with E-state index in [1.165, 1.54) is 38.1 Å². The van der Waals surface area contributed by atoms with Crippen LogP contribution in [0.4, 0.5) is 17.5 Å². The smallest absolute Gasteiger partial charge is 0.238 e. The van der Waals surface area contributed by atoms with Gasteiger partial charge in [-0.3, -0.25) is 0 Å². The zero-order valence-corrected chi connectivity index (χ0v) is 20.0. The molecule has 1 fully saturated rings. The molecule has 10 heteroatoms. The normalized spacial score (nSPS) is 14.3. The lowest BCUT2D eigenvalue weighted by Crippen LogP contribution is -2.26. The SMILES string of the molecule is NS(=O)(=O)c1ccc(Nc2ncc3ccc(-c4ccc(NCCN5CCCC5)nc4)cc3n2)cc1. The Labute approximate surface area is 204 Å². The average Bonchev–Trinajstić information content (AvgIpc) is 3.37. The average molecular weight is 490 g/mol. The molecule has 0 bridgehead atoms. The van der Waals surface area contributed by atoms with Crippen molar-refractivity contribution >= 4 is 38.4 Å². The number of fused-ring (bicyclic) bond motifs is 1. The second-order valence-corrected chi connectivity index (χ2v) is 10.1. The van der Waals surface area contributed by atoms with E-state index >= 15 is 0 Å². The van der Waals surface area contributed by atoms with Crippen molar-refractivity contribution in [3.63, 3.8) is 0 Å². The van der Waals surface area contributed by atoms with Gasteiger partial charge in [0.1, 0.15) is 5.82 Å². The van der Waals surface area contributed by atoms with E-state index in [1.807, 2.05) is 30.5 Å². The van der Waals surface area contributed by atoms with Gasteiger partial charge in [0.05, 0.1) is 10.4 Å². The lowest BCUT2D eigenvalue weighted by atomic mass is 10.1. The highest BCUT2D eigenvalue weighted by Crippen LogP contribution is 2.25. The van der Waals surface area contributed by atoms with Crippen LogP contribution in [0.2, 0.25) is 0 Å². The Morgan fingerprint density at radius 3 is 2.40 bits per heavy atom. The number of sulfonamides is 1. The third-order valence-electron chi connectivity index (χ3n) is 6.05. The summed E-state index contributed by atoms with van der Waals surface area (Å²) in [6.45, 7) is 4.32. The van der Waals surface area contributed by atoms with Gasteiger partial charge in [0.15, 0.2) is 0 Å². The molecular weight excluding hydrogens is 462 g/mol. The lowest BCUT2D eigenvalue weighted by Gasteiger charge is -2.15. The summed E-state index contributed by atoms with van der Waals surface area (Å²) in [6.07, 6.45) is 6.22. The van der Waals surface area contributed by atoms with Crippen LogP contribution in [0.15, 0.2) is 71.9 Å². The molecule has 0 amide bonds. The summed E-state index contributed by atoms with van der Waals surface area (Å²) in [4.78, 5) is 16.1. The molecule has 3 heterocycles. The van der Waals surface area contributed by atoms with E-state index in [4.69, 9.17) is 5.14 Å². The monoisotopic (exact) mass is 489 g/mol. The Kier molecular flexibility index (Phi) is 6.58. The van der Waals surface area contributed by atoms with E-state index in [2.05, 4.69) is 36.6 Å². The summed E-state index contributed by atoms with van der Waals surface area (Å²) in [5, 5.41) is 12.6. The van der Waals surface area contributed by atoms with Crippen molar-refractivity contribution in [2.75, 3.05) is 36.8 Å². The molecule has 1 saturated heterocycles. The number of hydrogen-bond donors (Lipinski definition) is 3. The first kappa shape index (κ1) is 23.2. The fourth-order valence-electron chi connectivity index (χ4n) is 4.14. The number of primary sulfonamides is 1. The number of hydrogen-bond acceptors (Lipinski definition) is 8. The van der Waals surface area contributed by atoms with Gasteiger partial charge < -0.3 is 15.5 Å². The topological polar surface area (TPSA) is 126 Å². The molecule has 4 N–H and O–H groups in total. The van der Waals surface area contributed by atoms with Gasteiger partial charge in [0, 0.05) is 42.1 Å². The summed E-state index contributed by atoms with van der Waals surface area (Å²) in [6, 6.07) is 16.2. The van der Waals surface area contributed by atoms with Gasteiger partial charge in [0.25, 0.3) is 0 Å². The van der Waals surface area contributed by atoms with E-state index in [-0.39, 0.29) is 4.90 Å². The van der Waals surface area contributed by atoms with Crippen LogP contribution in [-0.4, -0.2) is 54.4 Å². The van der Waals surface area contributed by atoms with Crippen molar-refractivity contribution in [1.82, 2.24) is 19.9 Å². The van der Waals surface area contributed by atoms with Crippen LogP contribution in [0.25, 0.3) is 22.0 Å². The molecule has 1 aliphatic rings. The fourth-order valence-corrected chi connectivity index (χ4v) is 4.65. The molecule has 2 aromatic carbocycles. The minimum absolute atomic E-state index is 0.0496. The molecule has 2 aromatic heterocycles. The maximum absolute atomic E-state index is 11.4. The van der Waals surface area contributed by atoms with Crippen molar-refractivity contribution in [2.45, 2.75) is 17.7 Å². The molecule has 180 valence electrons. The Morgan fingerprint density at radius 1 is 0.914 bits per heavy atom. The first-order valence-corrected chi connectivity index (χ1v) is 13.1. The molecule has 0 atom stereocenters. The van der Waals surface area contributed by atoms with Crippen LogP contribution in [0.1, 0.15) is 12.8 Å². The number of pyridine rings is 1. The first-order chi connectivity index (χ1) is 16.9. The third-order valence-corrected chi connectivity index (χ3v) is 6.98. The number of rotatable bonds is 8. The molecule has 5 rings (SSSR count). The lowest BCUT2D eigenvalue weighted by molar-refractivity contribution is 0.352. The summed E-state index contributed by atoms with van der Waals surface area (Å²) in [5.41, 5.74) is 3.46. The van der Waals surface area contributed by atoms with Crippen molar-refractivity contribution in [3.8, 4) is 11.1 Å². The second-order valence-electron chi connectivity index (χ2n) is 8.57. The number of benzene rings is 2. The molecule has 0 saturated carbocycles. The van der Waals surface area contributed by atoms with E-state index in [1.54, 1.807) is 18.3 Å². The van der Waals surface area contributed by atoms with E-state index < -0.39 is 10.0 Å². The number of likely N-dealkylation sites (tertiary alicyclic amines) is 1. The van der Waals surface area contributed by atoms with Gasteiger partial charge in [-0.25, -0.2) is 28.5 Å². The standard InChI is InChI=1S/C25H27N7O2S/c26-35(33,34)22-8-6-21(7-9-22)30-25-29-17-20-4-3-18(15-23(20)31-25)19-5-10-24(28-16-19)27-11-14-32-12-1-2-13-32/h3-10,15-17H,1-2,11-14H2,(H,27,28)(H2,26,33,34)(H,29,30,31). The quantitative estimate of drug-likeness (QED) is 0.343. The number of nitrogens with zero attached hydrogens (tertiary/aromatic N) is 4. The molecule has 4 aromatic rings. The Hall–Kier alpha value is -3.60. The zero-order chi connectivity index (χ0) is 24.3. The minimum Gasteiger partial charge on any atom is -0.369 e. The van der Waals surface area contributed by atoms with E-state index in [0.717, 1.165) is 40.9 Å². The summed E-state index contributed by atoms with van der Waals surface area (Å²) >= 11 is 0. The van der Waals surface area contributed by atoms with Crippen LogP contribution in [0.5, 0.6) is 0 Å². The van der Waals surface area contributed by atoms with Crippen LogP contribution >= 0.6 is 0 Å². The summed E-state index contributed by atoms with van der Waals surface area (Å²) in [7, 11) is -3.73. The van der Waals surface area contributed by atoms with Crippen LogP contribution < -0.4 is 15.8 Å². The molecule has 0 aliphatic carbocycles. The summed E-state index contributed by atoms with van der Waals surface area (Å²) in [5.74, 6) is 1.28. The van der Waals surface area contributed by atoms with Crippen molar-refractivity contribution in [2.24, 2.45) is 5.14 Å². The van der Waals surface area contributed by atoms with Gasteiger partial charge in [-0.15, -0.1) is 0 Å². The van der Waals surface area contributed by atoms with Crippen LogP contribution in [-0.2, 0) is 10.0 Å². The minimum atomic E-state index is -3.73. The zero-order valence-electron chi connectivity index (χ0n) is 19.2. The van der Waals surface area contributed by atoms with Gasteiger partial charge in [-0.2, -0.15) is 0 Å². The highest BCUT2D eigenvalue weighted by molar-refractivity contribution is 7.89. The molecule has 9 nitrogen and oxygen atoms in total. The second kappa shape index (κ2) is 9.95. The predicted molar refractivity (Wildman–Crippen MR) is 138 cm³/mol. The predicted octanol–water partition coefficient (Wildman–Crippen LogP) is 3.59. The Bertz CT molecular complexity index is 1420. The number of nitrogens with one attached hydrogen (secondary N) is 2. The molecule has 1 aliphatic heterocycles. The van der Waals surface area contributed by atoms with E-state index in [9.17, 15) is 8.42 Å². The van der Waals surface area contributed by atoms with Crippen LogP contribution in [0.3, 0.4) is 0 Å². The highest BCUT2D eigenvalue weighted by atomic mass is 32.2. The number of aromatic nitrogens is 3. The summed E-state index contributed by atoms with van der Waals surface area (Å²) < 4.78 is 22.9. The highest BCUT2D eigenvalue weighted by Gasteiger charge is 2.11. The molecule has 0 radical (unpaired) electrons. The van der Waals surface area contributed by atoms with Gasteiger partial charge in [0.2, 0.25) is 16.0 Å². The maximum atomic E-state index is 11.4. The van der Waals surface area contributed by atoms with Crippen LogP contribution in [0, 0.1) is 0 Å². The molecule has 0 unspecified atom stereocenters. The van der Waals surface area contributed by atoms with Gasteiger partial charge in [-0.05, 0) is 74.0 Å². The van der Waals surface area contributed by atoms with E-state index in [0.29, 0.717) is 11.6 Å². The number of nitrogens with two attached hydrogens (primary N) is 1. The maximum Gasteiger partial charge on any atom is 0.238 e. The first-order valence-electron chi connectivity index (χ1n) is 11.5. The Morgan fingerprint density at radius 2 is 1.69 bits per heavy atom. The molecular formula is C25H27N7O2S. The molecule has 0 spiro atoms. The number of anilines is 3. The Balaban J connectivity index is 1.28. The van der Waals surface area contributed by atoms with Crippen molar-refractivity contribution in [3.05, 3.63) is 67.0 Å². The van der Waals surface area contributed by atoms with Gasteiger partial charge in [-0.1, -0.05) is 12.1 Å². The third kappa shape index (κ3) is 5.73. The largest absolute Gasteiger partial charge is 0.369 e. The molecule has 35 heavy (non-hydrogen) atoms. The van der Waals surface area contributed by atoms with Gasteiger partial charge >= 0.3 is 0 Å². The van der Waals surface area contributed by atoms with Crippen molar-refractivity contribution in [1.29, 1.82) is 0 Å². The van der Waals surface area contributed by atoms with Crippen molar-refractivity contribution < 1.29 is 8.42 Å².